The van der Waals surface area contributed by atoms with Gasteiger partial charge >= 0.3 is 0 Å². The largest absolute Gasteiger partial charge is 0.273 e. The average molecular weight is 196 g/mol. The number of aryl methyl sites for hydroxylation is 1. The number of aromatic nitrogens is 3. The quantitative estimate of drug-likeness (QED) is 0.645. The topological polar surface area (TPSA) is 58.6 Å². The molecule has 1 N–H and O–H groups in total. The number of rotatable bonds is 0. The highest BCUT2D eigenvalue weighted by Crippen LogP contribution is 2.14. The Morgan fingerprint density at radius 2 is 2.23 bits per heavy atom. The van der Waals surface area contributed by atoms with Gasteiger partial charge in [-0.1, -0.05) is 11.6 Å². The molecule has 0 aliphatic heterocycles. The van der Waals surface area contributed by atoms with Crippen molar-refractivity contribution < 1.29 is 0 Å². The number of H-pyrrole nitrogens is 1. The van der Waals surface area contributed by atoms with Crippen LogP contribution in [0.2, 0.25) is 5.15 Å². The molecule has 0 aliphatic carbocycles. The number of hydrogen-bond donors (Lipinski definition) is 1. The first-order chi connectivity index (χ1) is 6.18. The Labute approximate surface area is 78.6 Å². The molecule has 2 rings (SSSR count). The van der Waals surface area contributed by atoms with Crippen LogP contribution in [0.25, 0.3) is 10.8 Å². The second kappa shape index (κ2) is 2.81. The zero-order chi connectivity index (χ0) is 9.42. The van der Waals surface area contributed by atoms with Gasteiger partial charge in [0, 0.05) is 11.6 Å². The molecule has 0 aromatic carbocycles. The Morgan fingerprint density at radius 1 is 1.46 bits per heavy atom. The molecule has 0 radical (unpaired) electrons. The molecule has 0 spiro atoms. The number of hydrogen-bond acceptors (Lipinski definition) is 3. The van der Waals surface area contributed by atoms with Crippen LogP contribution in [0.1, 0.15) is 5.69 Å². The first kappa shape index (κ1) is 8.19. The first-order valence-corrected chi connectivity index (χ1v) is 4.07. The average Bonchev–Trinajstić information content (AvgIpc) is 2.12. The van der Waals surface area contributed by atoms with Gasteiger partial charge in [-0.05, 0) is 13.0 Å². The summed E-state index contributed by atoms with van der Waals surface area (Å²) in [5.41, 5.74) is 0.490. The van der Waals surface area contributed by atoms with Gasteiger partial charge < -0.3 is 0 Å². The minimum Gasteiger partial charge on any atom is -0.267 e. The second-order valence-electron chi connectivity index (χ2n) is 2.69. The van der Waals surface area contributed by atoms with E-state index in [0.29, 0.717) is 10.5 Å². The predicted molar refractivity (Wildman–Crippen MR) is 49.9 cm³/mol. The number of halogens is 1. The van der Waals surface area contributed by atoms with Gasteiger partial charge in [0.15, 0.2) is 0 Å². The molecule has 0 amide bonds. The van der Waals surface area contributed by atoms with Gasteiger partial charge in [0.1, 0.15) is 5.15 Å². The summed E-state index contributed by atoms with van der Waals surface area (Å²) >= 11 is 5.69. The van der Waals surface area contributed by atoms with Crippen molar-refractivity contribution in [2.45, 2.75) is 6.92 Å². The van der Waals surface area contributed by atoms with E-state index in [4.69, 9.17) is 11.6 Å². The summed E-state index contributed by atoms with van der Waals surface area (Å²) in [6.07, 6.45) is 1.45. The van der Waals surface area contributed by atoms with Gasteiger partial charge in [-0.25, -0.2) is 10.1 Å². The molecule has 5 heteroatoms. The summed E-state index contributed by atoms with van der Waals surface area (Å²) in [6.45, 7) is 1.80. The third-order valence-electron chi connectivity index (χ3n) is 1.83. The van der Waals surface area contributed by atoms with E-state index in [1.165, 1.54) is 6.20 Å². The number of nitrogens with zero attached hydrogens (tertiary/aromatic N) is 2. The summed E-state index contributed by atoms with van der Waals surface area (Å²) in [4.78, 5) is 15.1. The van der Waals surface area contributed by atoms with Crippen molar-refractivity contribution >= 4 is 22.4 Å². The van der Waals surface area contributed by atoms with E-state index < -0.39 is 0 Å². The van der Waals surface area contributed by atoms with Crippen LogP contribution in [0.5, 0.6) is 0 Å². The summed E-state index contributed by atoms with van der Waals surface area (Å²) in [5.74, 6) is 0. The number of fused-ring (bicyclic) bond motifs is 1. The molecule has 2 aromatic rings. The fraction of sp³-hybridized carbons (Fsp3) is 0.125. The van der Waals surface area contributed by atoms with Crippen LogP contribution in [0, 0.1) is 6.92 Å². The first-order valence-electron chi connectivity index (χ1n) is 3.69. The summed E-state index contributed by atoms with van der Waals surface area (Å²) in [5, 5.41) is 7.81. The van der Waals surface area contributed by atoms with Crippen molar-refractivity contribution in [1.82, 2.24) is 15.2 Å². The molecule has 0 fully saturated rings. The fourth-order valence-electron chi connectivity index (χ4n) is 1.17. The maximum absolute atomic E-state index is 11.2. The lowest BCUT2D eigenvalue weighted by Crippen LogP contribution is -2.09. The van der Waals surface area contributed by atoms with Crippen LogP contribution in [0.4, 0.5) is 0 Å². The molecule has 0 unspecified atom stereocenters. The Balaban J connectivity index is 3.01. The zero-order valence-corrected chi connectivity index (χ0v) is 7.59. The molecule has 0 atom stereocenters. The Hall–Kier alpha value is -1.42. The van der Waals surface area contributed by atoms with Crippen LogP contribution in [-0.2, 0) is 0 Å². The van der Waals surface area contributed by atoms with Gasteiger partial charge in [-0.3, -0.25) is 4.79 Å². The predicted octanol–water partition coefficient (Wildman–Crippen LogP) is 1.28. The highest BCUT2D eigenvalue weighted by Gasteiger charge is 2.03. The minimum absolute atomic E-state index is 0.246. The van der Waals surface area contributed by atoms with E-state index in [1.54, 1.807) is 13.0 Å². The van der Waals surface area contributed by atoms with E-state index in [9.17, 15) is 4.79 Å². The van der Waals surface area contributed by atoms with Crippen LogP contribution in [0.15, 0.2) is 17.1 Å². The normalized spacial score (nSPS) is 10.6. The van der Waals surface area contributed by atoms with Crippen LogP contribution < -0.4 is 5.56 Å². The third kappa shape index (κ3) is 1.29. The van der Waals surface area contributed by atoms with Gasteiger partial charge in [-0.15, -0.1) is 0 Å². The molecule has 0 bridgehead atoms. The van der Waals surface area contributed by atoms with Crippen molar-refractivity contribution in [3.05, 3.63) is 33.5 Å². The van der Waals surface area contributed by atoms with Crippen molar-refractivity contribution in [1.29, 1.82) is 0 Å². The molecule has 2 heterocycles. The lowest BCUT2D eigenvalue weighted by molar-refractivity contribution is 0.968. The van der Waals surface area contributed by atoms with Gasteiger partial charge in [-0.2, -0.15) is 5.10 Å². The summed E-state index contributed by atoms with van der Waals surface area (Å²) in [6, 6.07) is 1.63. The van der Waals surface area contributed by atoms with Crippen molar-refractivity contribution in [2.75, 3.05) is 0 Å². The zero-order valence-electron chi connectivity index (χ0n) is 6.84. The molecular formula is C8H6ClN3O. The standard InChI is InChI=1S/C8H6ClN3O/c1-4-5-2-7(9)10-3-6(5)8(13)12-11-4/h2-3H,1H3,(H,12,13). The van der Waals surface area contributed by atoms with Gasteiger partial charge in [0.2, 0.25) is 0 Å². The summed E-state index contributed by atoms with van der Waals surface area (Å²) in [7, 11) is 0. The molecule has 0 aliphatic rings. The summed E-state index contributed by atoms with van der Waals surface area (Å²) < 4.78 is 0. The molecule has 13 heavy (non-hydrogen) atoms. The number of nitrogens with one attached hydrogen (secondary N) is 1. The Bertz CT molecular complexity index is 520. The molecule has 0 saturated carbocycles. The van der Waals surface area contributed by atoms with Crippen molar-refractivity contribution in [3.63, 3.8) is 0 Å². The number of aromatic amines is 1. The van der Waals surface area contributed by atoms with Crippen molar-refractivity contribution in [2.24, 2.45) is 0 Å². The van der Waals surface area contributed by atoms with Gasteiger partial charge in [0.25, 0.3) is 5.56 Å². The van der Waals surface area contributed by atoms with Crippen LogP contribution in [-0.4, -0.2) is 15.2 Å². The number of pyridine rings is 1. The van der Waals surface area contributed by atoms with E-state index in [-0.39, 0.29) is 5.56 Å². The molecule has 2 aromatic heterocycles. The third-order valence-corrected chi connectivity index (χ3v) is 2.04. The van der Waals surface area contributed by atoms with Crippen molar-refractivity contribution in [3.8, 4) is 0 Å². The minimum atomic E-state index is -0.246. The second-order valence-corrected chi connectivity index (χ2v) is 3.08. The smallest absolute Gasteiger partial charge is 0.267 e. The van der Waals surface area contributed by atoms with Crippen LogP contribution >= 0.6 is 11.6 Å². The van der Waals surface area contributed by atoms with E-state index in [1.807, 2.05) is 0 Å². The fourth-order valence-corrected chi connectivity index (χ4v) is 1.32. The van der Waals surface area contributed by atoms with Crippen LogP contribution in [0.3, 0.4) is 0 Å². The SMILES string of the molecule is Cc1n[nH]c(=O)c2cnc(Cl)cc12. The maximum atomic E-state index is 11.2. The Morgan fingerprint density at radius 3 is 3.00 bits per heavy atom. The highest BCUT2D eigenvalue weighted by atomic mass is 35.5. The lowest BCUT2D eigenvalue weighted by atomic mass is 10.2. The molecule has 4 nitrogen and oxygen atoms in total. The maximum Gasteiger partial charge on any atom is 0.273 e. The lowest BCUT2D eigenvalue weighted by Gasteiger charge is -1.98. The van der Waals surface area contributed by atoms with E-state index in [0.717, 1.165) is 11.1 Å². The highest BCUT2D eigenvalue weighted by molar-refractivity contribution is 6.30. The molecule has 66 valence electrons. The Kier molecular flexibility index (Phi) is 1.77. The monoisotopic (exact) mass is 195 g/mol. The van der Waals surface area contributed by atoms with E-state index in [2.05, 4.69) is 15.2 Å². The molecular weight excluding hydrogens is 190 g/mol. The van der Waals surface area contributed by atoms with Gasteiger partial charge in [0.05, 0.1) is 11.1 Å². The molecule has 0 saturated heterocycles. The van der Waals surface area contributed by atoms with E-state index >= 15 is 0 Å².